The molecule has 0 aromatic heterocycles. The molecule has 2 aliphatic heterocycles. The largest absolute Gasteiger partial charge is 0.434 e. The van der Waals surface area contributed by atoms with Crippen LogP contribution in [0, 0.1) is 5.41 Å². The molecule has 2 heterocycles. The highest BCUT2D eigenvalue weighted by atomic mass is 19.4. The molecule has 2 rings (SSSR count). The number of alkyl halides is 6. The molecule has 0 radical (unpaired) electrons. The lowest BCUT2D eigenvalue weighted by molar-refractivity contribution is -0.308. The molecule has 2 aliphatic rings. The first-order valence-corrected chi connectivity index (χ1v) is 6.83. The number of hydrogen-bond donors (Lipinski definition) is 1. The third-order valence-electron chi connectivity index (χ3n) is 4.23. The van der Waals surface area contributed by atoms with Gasteiger partial charge >= 0.3 is 18.4 Å². The number of nitrogens with one attached hydrogen (secondary N) is 1. The van der Waals surface area contributed by atoms with Gasteiger partial charge in [-0.1, -0.05) is 0 Å². The molecule has 1 N–H and O–H groups in total. The Morgan fingerprint density at radius 3 is 2.00 bits per heavy atom. The number of rotatable bonds is 1. The lowest BCUT2D eigenvalue weighted by atomic mass is 9.78. The van der Waals surface area contributed by atoms with Crippen LogP contribution in [-0.2, 0) is 4.74 Å². The minimum Gasteiger partial charge on any atom is -0.426 e. The maximum atomic E-state index is 12.4. The Morgan fingerprint density at radius 2 is 1.59 bits per heavy atom. The fraction of sp³-hybridized carbons (Fsp3) is 0.917. The smallest absolute Gasteiger partial charge is 0.426 e. The first-order valence-electron chi connectivity index (χ1n) is 6.83. The van der Waals surface area contributed by atoms with E-state index in [0.717, 1.165) is 24.4 Å². The summed E-state index contributed by atoms with van der Waals surface area (Å²) >= 11 is 0. The summed E-state index contributed by atoms with van der Waals surface area (Å²) in [4.78, 5) is 12.5. The number of carbonyl (C=O) groups excluding carboxylic acids is 1. The molecule has 4 nitrogen and oxygen atoms in total. The maximum absolute atomic E-state index is 12.4. The van der Waals surface area contributed by atoms with Crippen LogP contribution >= 0.6 is 0 Å². The molecular weight excluding hydrogens is 318 g/mol. The van der Waals surface area contributed by atoms with E-state index in [1.54, 1.807) is 0 Å². The Labute approximate surface area is 122 Å². The van der Waals surface area contributed by atoms with Gasteiger partial charge in [0, 0.05) is 19.6 Å². The summed E-state index contributed by atoms with van der Waals surface area (Å²) in [7, 11) is 0. The highest BCUT2D eigenvalue weighted by Crippen LogP contribution is 2.39. The van der Waals surface area contributed by atoms with Crippen molar-refractivity contribution in [3.8, 4) is 0 Å². The van der Waals surface area contributed by atoms with Crippen molar-refractivity contribution in [1.29, 1.82) is 0 Å². The van der Waals surface area contributed by atoms with E-state index in [0.29, 0.717) is 12.8 Å². The second-order valence-electron chi connectivity index (χ2n) is 5.76. The molecule has 0 aliphatic carbocycles. The van der Waals surface area contributed by atoms with Crippen LogP contribution in [0.2, 0.25) is 0 Å². The minimum atomic E-state index is -5.68. The summed E-state index contributed by atoms with van der Waals surface area (Å²) in [6.07, 6.45) is -15.0. The van der Waals surface area contributed by atoms with Crippen LogP contribution in [0.3, 0.4) is 0 Å². The Bertz CT molecular complexity index is 393. The highest BCUT2D eigenvalue weighted by molar-refractivity contribution is 5.68. The molecule has 128 valence electrons. The van der Waals surface area contributed by atoms with Gasteiger partial charge in [-0.15, -0.1) is 0 Å². The van der Waals surface area contributed by atoms with E-state index in [2.05, 4.69) is 10.1 Å². The number of amides is 1. The zero-order chi connectivity index (χ0) is 16.6. The average Bonchev–Trinajstić information content (AvgIpc) is 2.82. The average molecular weight is 334 g/mol. The molecule has 10 heteroatoms. The topological polar surface area (TPSA) is 41.6 Å². The number of likely N-dealkylation sites (tertiary alicyclic amines) is 1. The Kier molecular flexibility index (Phi) is 4.51. The van der Waals surface area contributed by atoms with Gasteiger partial charge in [0.25, 0.3) is 6.10 Å². The van der Waals surface area contributed by atoms with Gasteiger partial charge in [0.2, 0.25) is 0 Å². The minimum absolute atomic E-state index is 0.00969. The van der Waals surface area contributed by atoms with Crippen LogP contribution in [0.25, 0.3) is 0 Å². The third-order valence-corrected chi connectivity index (χ3v) is 4.23. The molecule has 0 aromatic rings. The molecule has 0 saturated carbocycles. The molecule has 1 amide bonds. The summed E-state index contributed by atoms with van der Waals surface area (Å²) in [6.45, 7) is 1.78. The van der Waals surface area contributed by atoms with Crippen molar-refractivity contribution in [3.63, 3.8) is 0 Å². The van der Waals surface area contributed by atoms with Gasteiger partial charge in [-0.3, -0.25) is 0 Å². The van der Waals surface area contributed by atoms with Gasteiger partial charge in [-0.2, -0.15) is 26.3 Å². The zero-order valence-electron chi connectivity index (χ0n) is 11.6. The fourth-order valence-electron chi connectivity index (χ4n) is 2.88. The first kappa shape index (κ1) is 17.2. The van der Waals surface area contributed by atoms with Crippen molar-refractivity contribution in [1.82, 2.24) is 10.2 Å². The number of piperidine rings is 1. The Hall–Kier alpha value is -1.19. The third kappa shape index (κ3) is 3.76. The number of ether oxygens (including phenoxy) is 1. The fourth-order valence-corrected chi connectivity index (χ4v) is 2.88. The van der Waals surface area contributed by atoms with Gasteiger partial charge in [0.05, 0.1) is 0 Å². The van der Waals surface area contributed by atoms with Crippen LogP contribution in [0.15, 0.2) is 0 Å². The van der Waals surface area contributed by atoms with Gasteiger partial charge < -0.3 is 15.0 Å². The van der Waals surface area contributed by atoms with Gasteiger partial charge in [0.15, 0.2) is 0 Å². The normalized spacial score (nSPS) is 22.4. The standard InChI is InChI=1S/C12H16F6N2O2/c13-11(14,15)8(12(16,17)18)22-9(21)20-5-2-10(3-6-20)1-4-19-7-10/h8,19H,1-7H2. The summed E-state index contributed by atoms with van der Waals surface area (Å²) in [5, 5.41) is 3.17. The van der Waals surface area contributed by atoms with Crippen molar-refractivity contribution in [2.75, 3.05) is 26.2 Å². The van der Waals surface area contributed by atoms with E-state index in [1.807, 2.05) is 0 Å². The molecule has 0 atom stereocenters. The van der Waals surface area contributed by atoms with E-state index in [-0.39, 0.29) is 18.5 Å². The van der Waals surface area contributed by atoms with Crippen molar-refractivity contribution in [2.24, 2.45) is 5.41 Å². The van der Waals surface area contributed by atoms with Gasteiger partial charge in [-0.05, 0) is 31.2 Å². The van der Waals surface area contributed by atoms with E-state index in [9.17, 15) is 31.1 Å². The number of carbonyl (C=O) groups is 1. The second kappa shape index (κ2) is 5.78. The number of hydrogen-bond acceptors (Lipinski definition) is 3. The summed E-state index contributed by atoms with van der Waals surface area (Å²) in [5.41, 5.74) is -0.00969. The van der Waals surface area contributed by atoms with E-state index in [1.165, 1.54) is 0 Å². The molecule has 22 heavy (non-hydrogen) atoms. The summed E-state index contributed by atoms with van der Waals surface area (Å²) in [5.74, 6) is 0. The maximum Gasteiger partial charge on any atom is 0.434 e. The molecule has 2 saturated heterocycles. The van der Waals surface area contributed by atoms with Gasteiger partial charge in [0.1, 0.15) is 0 Å². The van der Waals surface area contributed by atoms with Crippen molar-refractivity contribution in [2.45, 2.75) is 37.7 Å². The SMILES string of the molecule is O=C(OC(C(F)(F)F)C(F)(F)F)N1CCC2(CCNC2)CC1. The number of nitrogens with zero attached hydrogens (tertiary/aromatic N) is 1. The predicted molar refractivity (Wildman–Crippen MR) is 63.1 cm³/mol. The van der Waals surface area contributed by atoms with Gasteiger partial charge in [-0.25, -0.2) is 4.79 Å². The van der Waals surface area contributed by atoms with E-state index >= 15 is 0 Å². The van der Waals surface area contributed by atoms with Crippen LogP contribution in [0.5, 0.6) is 0 Å². The molecule has 1 spiro atoms. The quantitative estimate of drug-likeness (QED) is 0.750. The monoisotopic (exact) mass is 334 g/mol. The van der Waals surface area contributed by atoms with Crippen LogP contribution in [0.4, 0.5) is 31.1 Å². The van der Waals surface area contributed by atoms with Crippen LogP contribution < -0.4 is 5.32 Å². The van der Waals surface area contributed by atoms with E-state index in [4.69, 9.17) is 0 Å². The first-order chi connectivity index (χ1) is 10.0. The Balaban J connectivity index is 1.94. The second-order valence-corrected chi connectivity index (χ2v) is 5.76. The van der Waals surface area contributed by atoms with Crippen LogP contribution in [0.1, 0.15) is 19.3 Å². The Morgan fingerprint density at radius 1 is 1.05 bits per heavy atom. The molecule has 0 unspecified atom stereocenters. The van der Waals surface area contributed by atoms with E-state index < -0.39 is 24.5 Å². The van der Waals surface area contributed by atoms with Crippen molar-refractivity contribution >= 4 is 6.09 Å². The highest BCUT2D eigenvalue weighted by Gasteiger charge is 2.60. The van der Waals surface area contributed by atoms with Crippen LogP contribution in [-0.4, -0.2) is 55.6 Å². The number of halogens is 6. The zero-order valence-corrected chi connectivity index (χ0v) is 11.6. The molecule has 0 aromatic carbocycles. The predicted octanol–water partition coefficient (Wildman–Crippen LogP) is 2.69. The van der Waals surface area contributed by atoms with Crippen molar-refractivity contribution < 1.29 is 35.9 Å². The molecular formula is C12H16F6N2O2. The summed E-state index contributed by atoms with van der Waals surface area (Å²) in [6, 6.07) is 0. The molecule has 2 fully saturated rings. The lowest BCUT2D eigenvalue weighted by Crippen LogP contribution is -2.50. The molecule has 0 bridgehead atoms. The lowest BCUT2D eigenvalue weighted by Gasteiger charge is -2.38. The van der Waals surface area contributed by atoms with Crippen molar-refractivity contribution in [3.05, 3.63) is 0 Å². The summed E-state index contributed by atoms with van der Waals surface area (Å²) < 4.78 is 77.9.